The van der Waals surface area contributed by atoms with E-state index in [-0.39, 0.29) is 12.1 Å². The van der Waals surface area contributed by atoms with Crippen molar-refractivity contribution in [3.8, 4) is 11.4 Å². The molecule has 0 unspecified atom stereocenters. The molecule has 8 heteroatoms. The van der Waals surface area contributed by atoms with Crippen LogP contribution in [0.2, 0.25) is 0 Å². The molecule has 3 aromatic rings. The van der Waals surface area contributed by atoms with Crippen molar-refractivity contribution in [2.24, 2.45) is 0 Å². The molecule has 1 aliphatic rings. The standard InChI is InChI=1S/C22H24N4O4/c1-28-22(27)18-6-4-17(5-7-18)21-24-20(30-25-21)14-26-11-8-19(9-12-26)29-15-16-3-2-10-23-13-16/h2-7,10,13,19H,8-9,11-12,14-15H2,1H3. The topological polar surface area (TPSA) is 90.6 Å². The zero-order valence-electron chi connectivity index (χ0n) is 16.9. The first-order valence-electron chi connectivity index (χ1n) is 9.95. The van der Waals surface area contributed by atoms with Gasteiger partial charge < -0.3 is 14.0 Å². The number of esters is 1. The Labute approximate surface area is 174 Å². The second-order valence-corrected chi connectivity index (χ2v) is 7.23. The summed E-state index contributed by atoms with van der Waals surface area (Å²) in [6.07, 6.45) is 5.80. The molecule has 0 aliphatic carbocycles. The number of hydrogen-bond donors (Lipinski definition) is 0. The number of hydrogen-bond acceptors (Lipinski definition) is 8. The van der Waals surface area contributed by atoms with Gasteiger partial charge in [-0.3, -0.25) is 9.88 Å². The van der Waals surface area contributed by atoms with E-state index in [1.807, 2.05) is 18.3 Å². The lowest BCUT2D eigenvalue weighted by Crippen LogP contribution is -2.36. The summed E-state index contributed by atoms with van der Waals surface area (Å²) in [5.41, 5.74) is 2.37. The summed E-state index contributed by atoms with van der Waals surface area (Å²) < 4.78 is 16.1. The molecule has 1 aliphatic heterocycles. The van der Waals surface area contributed by atoms with Gasteiger partial charge in [-0.2, -0.15) is 4.98 Å². The van der Waals surface area contributed by atoms with Crippen molar-refractivity contribution in [3.05, 3.63) is 65.8 Å². The minimum absolute atomic E-state index is 0.257. The summed E-state index contributed by atoms with van der Waals surface area (Å²) in [6, 6.07) is 10.9. The summed E-state index contributed by atoms with van der Waals surface area (Å²) in [7, 11) is 1.36. The van der Waals surface area contributed by atoms with Gasteiger partial charge >= 0.3 is 5.97 Å². The van der Waals surface area contributed by atoms with Crippen LogP contribution in [-0.4, -0.2) is 52.3 Å². The van der Waals surface area contributed by atoms with Gasteiger partial charge in [0.25, 0.3) is 0 Å². The predicted octanol–water partition coefficient (Wildman–Crippen LogP) is 3.10. The average molecular weight is 408 g/mol. The highest BCUT2D eigenvalue weighted by molar-refractivity contribution is 5.89. The molecule has 0 N–H and O–H groups in total. The number of methoxy groups -OCH3 is 1. The molecule has 3 heterocycles. The minimum atomic E-state index is -0.372. The van der Waals surface area contributed by atoms with Crippen molar-refractivity contribution in [1.29, 1.82) is 0 Å². The molecule has 8 nitrogen and oxygen atoms in total. The Morgan fingerprint density at radius 1 is 1.20 bits per heavy atom. The van der Waals surface area contributed by atoms with Crippen LogP contribution in [0.5, 0.6) is 0 Å². The van der Waals surface area contributed by atoms with Crippen LogP contribution in [-0.2, 0) is 22.6 Å². The number of piperidine rings is 1. The number of benzene rings is 1. The minimum Gasteiger partial charge on any atom is -0.465 e. The van der Waals surface area contributed by atoms with Crippen LogP contribution in [0.1, 0.15) is 34.7 Å². The maximum Gasteiger partial charge on any atom is 0.337 e. The highest BCUT2D eigenvalue weighted by atomic mass is 16.5. The van der Waals surface area contributed by atoms with Gasteiger partial charge in [0, 0.05) is 31.0 Å². The van der Waals surface area contributed by atoms with Gasteiger partial charge in [0.05, 0.1) is 31.9 Å². The number of carbonyl (C=O) groups excluding carboxylic acids is 1. The molecular weight excluding hydrogens is 384 g/mol. The molecule has 0 spiro atoms. The fourth-order valence-electron chi connectivity index (χ4n) is 3.43. The molecule has 156 valence electrons. The van der Waals surface area contributed by atoms with Gasteiger partial charge in [0.2, 0.25) is 11.7 Å². The third-order valence-corrected chi connectivity index (χ3v) is 5.13. The SMILES string of the molecule is COC(=O)c1ccc(-c2noc(CN3CCC(OCc4cccnc4)CC3)n2)cc1. The van der Waals surface area contributed by atoms with E-state index in [4.69, 9.17) is 14.0 Å². The zero-order valence-corrected chi connectivity index (χ0v) is 16.9. The van der Waals surface area contributed by atoms with Crippen molar-refractivity contribution in [2.45, 2.75) is 32.1 Å². The normalized spacial score (nSPS) is 15.2. The Bertz CT molecular complexity index is 951. The van der Waals surface area contributed by atoms with Crippen LogP contribution in [0, 0.1) is 0 Å². The molecule has 30 heavy (non-hydrogen) atoms. The van der Waals surface area contributed by atoms with Crippen LogP contribution in [0.3, 0.4) is 0 Å². The number of aromatic nitrogens is 3. The Morgan fingerprint density at radius 2 is 2.00 bits per heavy atom. The average Bonchev–Trinajstić information content (AvgIpc) is 3.27. The van der Waals surface area contributed by atoms with Gasteiger partial charge in [0.15, 0.2) is 0 Å². The Kier molecular flexibility index (Phi) is 6.46. The van der Waals surface area contributed by atoms with Crippen LogP contribution in [0.4, 0.5) is 0 Å². The maximum atomic E-state index is 11.5. The first kappa shape index (κ1) is 20.2. The molecule has 1 saturated heterocycles. The van der Waals surface area contributed by atoms with E-state index in [9.17, 15) is 4.79 Å². The van der Waals surface area contributed by atoms with Gasteiger partial charge in [-0.1, -0.05) is 23.4 Å². The number of nitrogens with zero attached hydrogens (tertiary/aromatic N) is 4. The lowest BCUT2D eigenvalue weighted by atomic mass is 10.1. The summed E-state index contributed by atoms with van der Waals surface area (Å²) >= 11 is 0. The van der Waals surface area contributed by atoms with E-state index in [2.05, 4.69) is 20.0 Å². The van der Waals surface area contributed by atoms with Crippen LogP contribution in [0.15, 0.2) is 53.3 Å². The Hall–Kier alpha value is -3.10. The number of likely N-dealkylation sites (tertiary alicyclic amines) is 1. The molecule has 0 atom stereocenters. The fraction of sp³-hybridized carbons (Fsp3) is 0.364. The lowest BCUT2D eigenvalue weighted by molar-refractivity contribution is -0.00565. The Balaban J connectivity index is 1.26. The number of ether oxygens (including phenoxy) is 2. The largest absolute Gasteiger partial charge is 0.465 e. The molecule has 0 radical (unpaired) electrons. The zero-order chi connectivity index (χ0) is 20.8. The first-order chi connectivity index (χ1) is 14.7. The van der Waals surface area contributed by atoms with Gasteiger partial charge in [-0.05, 0) is 36.6 Å². The van der Waals surface area contributed by atoms with Crippen LogP contribution in [0.25, 0.3) is 11.4 Å². The summed E-state index contributed by atoms with van der Waals surface area (Å²) in [5.74, 6) is 0.719. The fourth-order valence-corrected chi connectivity index (χ4v) is 3.43. The summed E-state index contributed by atoms with van der Waals surface area (Å²) in [4.78, 5) is 22.4. The smallest absolute Gasteiger partial charge is 0.337 e. The predicted molar refractivity (Wildman–Crippen MR) is 108 cm³/mol. The van der Waals surface area contributed by atoms with E-state index in [0.29, 0.717) is 30.4 Å². The summed E-state index contributed by atoms with van der Waals surface area (Å²) in [5, 5.41) is 4.07. The van der Waals surface area contributed by atoms with Crippen molar-refractivity contribution >= 4 is 5.97 Å². The molecule has 4 rings (SSSR count). The number of pyridine rings is 1. The van der Waals surface area contributed by atoms with E-state index in [0.717, 1.165) is 37.1 Å². The number of carbonyl (C=O) groups is 1. The maximum absolute atomic E-state index is 11.5. The van der Waals surface area contributed by atoms with Crippen molar-refractivity contribution in [2.75, 3.05) is 20.2 Å². The summed E-state index contributed by atoms with van der Waals surface area (Å²) in [6.45, 7) is 3.05. The van der Waals surface area contributed by atoms with E-state index >= 15 is 0 Å². The van der Waals surface area contributed by atoms with Crippen LogP contribution < -0.4 is 0 Å². The molecule has 0 bridgehead atoms. The quantitative estimate of drug-likeness (QED) is 0.551. The van der Waals surface area contributed by atoms with Crippen molar-refractivity contribution < 1.29 is 18.8 Å². The lowest BCUT2D eigenvalue weighted by Gasteiger charge is -2.30. The van der Waals surface area contributed by atoms with Crippen molar-refractivity contribution in [3.63, 3.8) is 0 Å². The third-order valence-electron chi connectivity index (χ3n) is 5.13. The highest BCUT2D eigenvalue weighted by Gasteiger charge is 2.22. The van der Waals surface area contributed by atoms with Gasteiger partial charge in [-0.15, -0.1) is 0 Å². The van der Waals surface area contributed by atoms with E-state index in [1.54, 1.807) is 30.5 Å². The third kappa shape index (κ3) is 5.08. The second kappa shape index (κ2) is 9.60. The van der Waals surface area contributed by atoms with Crippen molar-refractivity contribution in [1.82, 2.24) is 20.0 Å². The second-order valence-electron chi connectivity index (χ2n) is 7.23. The molecule has 1 fully saturated rings. The molecule has 1 aromatic carbocycles. The van der Waals surface area contributed by atoms with Crippen LogP contribution >= 0.6 is 0 Å². The molecule has 0 amide bonds. The van der Waals surface area contributed by atoms with Gasteiger partial charge in [0.1, 0.15) is 0 Å². The molecule has 2 aromatic heterocycles. The number of rotatable bonds is 7. The van der Waals surface area contributed by atoms with Gasteiger partial charge in [-0.25, -0.2) is 4.79 Å². The van der Waals surface area contributed by atoms with E-state index < -0.39 is 0 Å². The monoisotopic (exact) mass is 408 g/mol. The van der Waals surface area contributed by atoms with E-state index in [1.165, 1.54) is 7.11 Å². The first-order valence-corrected chi connectivity index (χ1v) is 9.95. The molecule has 0 saturated carbocycles. The Morgan fingerprint density at radius 3 is 2.70 bits per heavy atom. The molecular formula is C22H24N4O4. The highest BCUT2D eigenvalue weighted by Crippen LogP contribution is 2.20.